The quantitative estimate of drug-likeness (QED) is 0.269. The van der Waals surface area contributed by atoms with E-state index in [9.17, 15) is 9.59 Å². The van der Waals surface area contributed by atoms with E-state index in [1.807, 2.05) is 60.7 Å². The molecule has 0 saturated carbocycles. The molecule has 5 rings (SSSR count). The third-order valence-electron chi connectivity index (χ3n) is 5.60. The van der Waals surface area contributed by atoms with Gasteiger partial charge in [-0.15, -0.1) is 5.10 Å². The Bertz CT molecular complexity index is 1250. The minimum atomic E-state index is -0.128. The number of para-hydroxylation sites is 1. The lowest BCUT2D eigenvalue weighted by molar-refractivity contribution is 0.102. The predicted octanol–water partition coefficient (Wildman–Crippen LogP) is 4.24. The Labute approximate surface area is 184 Å². The van der Waals surface area contributed by atoms with Gasteiger partial charge in [0.2, 0.25) is 0 Å². The first-order valence-electron chi connectivity index (χ1n) is 10.5. The van der Waals surface area contributed by atoms with Gasteiger partial charge in [0.25, 0.3) is 5.56 Å². The Morgan fingerprint density at radius 3 is 2.48 bits per heavy atom. The maximum Gasteiger partial charge on any atom is 0.284 e. The molecule has 2 aromatic carbocycles. The van der Waals surface area contributed by atoms with Gasteiger partial charge in [0.15, 0.2) is 16.8 Å². The molecule has 31 heavy (non-hydrogen) atoms. The SMILES string of the molecule is O=C(CSc1nc2nn(-c3ccccc3)c(=O)c-2c2n1CCCCC2)c1ccccc1. The second kappa shape index (κ2) is 8.51. The highest BCUT2D eigenvalue weighted by molar-refractivity contribution is 7.99. The number of aromatic nitrogens is 4. The molecule has 0 fully saturated rings. The van der Waals surface area contributed by atoms with E-state index in [1.165, 1.54) is 16.4 Å². The highest BCUT2D eigenvalue weighted by atomic mass is 32.2. The summed E-state index contributed by atoms with van der Waals surface area (Å²) in [6, 6.07) is 18.7. The molecule has 0 aromatic heterocycles. The summed E-state index contributed by atoms with van der Waals surface area (Å²) >= 11 is 1.42. The van der Waals surface area contributed by atoms with Crippen LogP contribution >= 0.6 is 11.8 Å². The fraction of sp³-hybridized carbons (Fsp3) is 0.250. The zero-order valence-corrected chi connectivity index (χ0v) is 17.8. The van der Waals surface area contributed by atoms with Crippen LogP contribution in [0.1, 0.15) is 35.3 Å². The van der Waals surface area contributed by atoms with Crippen molar-refractivity contribution < 1.29 is 4.79 Å². The summed E-state index contributed by atoms with van der Waals surface area (Å²) in [4.78, 5) is 30.6. The van der Waals surface area contributed by atoms with Crippen LogP contribution in [-0.4, -0.2) is 30.9 Å². The predicted molar refractivity (Wildman–Crippen MR) is 121 cm³/mol. The highest BCUT2D eigenvalue weighted by Gasteiger charge is 2.27. The van der Waals surface area contributed by atoms with Gasteiger partial charge in [0.05, 0.1) is 11.4 Å². The lowest BCUT2D eigenvalue weighted by atomic mass is 10.1. The van der Waals surface area contributed by atoms with Crippen LogP contribution in [0.25, 0.3) is 17.1 Å². The fourth-order valence-electron chi connectivity index (χ4n) is 4.05. The van der Waals surface area contributed by atoms with Gasteiger partial charge in [-0.1, -0.05) is 66.7 Å². The van der Waals surface area contributed by atoms with E-state index in [0.717, 1.165) is 48.8 Å². The van der Waals surface area contributed by atoms with Crippen molar-refractivity contribution in [2.45, 2.75) is 37.4 Å². The molecule has 6 nitrogen and oxygen atoms in total. The van der Waals surface area contributed by atoms with Crippen molar-refractivity contribution in [1.29, 1.82) is 0 Å². The normalized spacial score (nSPS) is 13.7. The molecule has 0 bridgehead atoms. The lowest BCUT2D eigenvalue weighted by Crippen LogP contribution is -2.19. The molecule has 2 aromatic rings. The van der Waals surface area contributed by atoms with Crippen LogP contribution in [0.3, 0.4) is 0 Å². The number of fused-ring (bicyclic) bond motifs is 3. The number of hydrogen-bond acceptors (Lipinski definition) is 5. The number of ketones is 1. The Morgan fingerprint density at radius 2 is 1.71 bits per heavy atom. The van der Waals surface area contributed by atoms with Crippen molar-refractivity contribution in [2.75, 3.05) is 5.75 Å². The van der Waals surface area contributed by atoms with Gasteiger partial charge in [0, 0.05) is 17.8 Å². The molecule has 7 heteroatoms. The number of carbonyl (C=O) groups excluding carboxylic acids is 1. The van der Waals surface area contributed by atoms with Crippen molar-refractivity contribution in [3.63, 3.8) is 0 Å². The molecule has 0 N–H and O–H groups in total. The van der Waals surface area contributed by atoms with Crippen LogP contribution < -0.4 is 5.56 Å². The van der Waals surface area contributed by atoms with E-state index in [-0.39, 0.29) is 11.3 Å². The van der Waals surface area contributed by atoms with Gasteiger partial charge in [-0.05, 0) is 31.4 Å². The largest absolute Gasteiger partial charge is 0.324 e. The van der Waals surface area contributed by atoms with Crippen LogP contribution in [0.4, 0.5) is 0 Å². The Balaban J connectivity index is 1.57. The summed E-state index contributed by atoms with van der Waals surface area (Å²) in [6.45, 7) is 0.802. The van der Waals surface area contributed by atoms with Gasteiger partial charge in [-0.3, -0.25) is 9.59 Å². The number of thioether (sulfide) groups is 1. The molecule has 0 aliphatic carbocycles. The maximum absolute atomic E-state index is 13.3. The number of carbonyl (C=O) groups is 1. The van der Waals surface area contributed by atoms with E-state index < -0.39 is 0 Å². The molecule has 3 heterocycles. The molecule has 0 atom stereocenters. The summed E-state index contributed by atoms with van der Waals surface area (Å²) < 4.78 is 3.57. The molecule has 0 amide bonds. The van der Waals surface area contributed by atoms with Crippen molar-refractivity contribution in [1.82, 2.24) is 19.3 Å². The molecule has 0 radical (unpaired) electrons. The maximum atomic E-state index is 13.3. The van der Waals surface area contributed by atoms with Crippen LogP contribution in [-0.2, 0) is 13.0 Å². The molecule has 3 aliphatic rings. The summed E-state index contributed by atoms with van der Waals surface area (Å²) in [5.41, 5.74) is 2.89. The zero-order valence-electron chi connectivity index (χ0n) is 17.0. The van der Waals surface area contributed by atoms with Gasteiger partial charge >= 0.3 is 0 Å². The van der Waals surface area contributed by atoms with E-state index in [4.69, 9.17) is 4.98 Å². The summed E-state index contributed by atoms with van der Waals surface area (Å²) in [5, 5.41) is 5.30. The second-order valence-electron chi connectivity index (χ2n) is 7.63. The molecule has 0 unspecified atom stereocenters. The van der Waals surface area contributed by atoms with Crippen molar-refractivity contribution in [3.8, 4) is 17.1 Å². The highest BCUT2D eigenvalue weighted by Crippen LogP contribution is 2.30. The standard InChI is InChI=1S/C24H22N4O2S/c29-20(17-10-4-1-5-11-17)16-31-24-25-22-21(19-14-8-3-9-15-27(19)24)23(30)28(26-22)18-12-6-2-7-13-18/h1-2,4-7,10-13H,3,8-9,14-16H2. The number of nitrogens with zero attached hydrogens (tertiary/aromatic N) is 4. The third kappa shape index (κ3) is 3.81. The smallest absolute Gasteiger partial charge is 0.284 e. The monoisotopic (exact) mass is 430 g/mol. The first kappa shape index (κ1) is 19.8. The molecular weight excluding hydrogens is 408 g/mol. The molecule has 0 spiro atoms. The molecule has 0 saturated heterocycles. The van der Waals surface area contributed by atoms with E-state index >= 15 is 0 Å². The summed E-state index contributed by atoms with van der Waals surface area (Å²) in [7, 11) is 0. The Morgan fingerprint density at radius 1 is 0.968 bits per heavy atom. The van der Waals surface area contributed by atoms with Gasteiger partial charge in [0.1, 0.15) is 5.56 Å². The van der Waals surface area contributed by atoms with Crippen LogP contribution in [0, 0.1) is 0 Å². The summed E-state index contributed by atoms with van der Waals surface area (Å²) in [6.07, 6.45) is 3.99. The van der Waals surface area contributed by atoms with Crippen molar-refractivity contribution in [2.24, 2.45) is 0 Å². The van der Waals surface area contributed by atoms with Gasteiger partial charge in [-0.25, -0.2) is 4.98 Å². The number of Topliss-reactive ketones (excluding diaryl/α,β-unsaturated/α-hetero) is 1. The molecule has 3 aliphatic heterocycles. The van der Waals surface area contributed by atoms with Gasteiger partial charge in [-0.2, -0.15) is 4.68 Å². The number of rotatable bonds is 5. The average Bonchev–Trinajstić information content (AvgIpc) is 2.98. The van der Waals surface area contributed by atoms with Gasteiger partial charge < -0.3 is 4.57 Å². The van der Waals surface area contributed by atoms with Crippen LogP contribution in [0.5, 0.6) is 0 Å². The topological polar surface area (TPSA) is 69.8 Å². The average molecular weight is 431 g/mol. The second-order valence-corrected chi connectivity index (χ2v) is 8.57. The van der Waals surface area contributed by atoms with Crippen molar-refractivity contribution >= 4 is 17.5 Å². The Hall–Kier alpha value is -3.19. The minimum absolute atomic E-state index is 0.0646. The zero-order chi connectivity index (χ0) is 21.2. The molecule has 156 valence electrons. The first-order chi connectivity index (χ1) is 15.2. The minimum Gasteiger partial charge on any atom is -0.324 e. The third-order valence-corrected chi connectivity index (χ3v) is 6.57. The summed E-state index contributed by atoms with van der Waals surface area (Å²) in [5.74, 6) is 0.817. The van der Waals surface area contributed by atoms with Crippen LogP contribution in [0.15, 0.2) is 70.6 Å². The van der Waals surface area contributed by atoms with E-state index in [0.29, 0.717) is 22.7 Å². The van der Waals surface area contributed by atoms with E-state index in [2.05, 4.69) is 9.67 Å². The van der Waals surface area contributed by atoms with Crippen molar-refractivity contribution in [3.05, 3.63) is 82.3 Å². The Kier molecular flexibility index (Phi) is 5.42. The number of hydrogen-bond donors (Lipinski definition) is 0. The molecular formula is C24H22N4O2S. The fourth-order valence-corrected chi connectivity index (χ4v) is 4.98. The van der Waals surface area contributed by atoms with E-state index in [1.54, 1.807) is 0 Å². The lowest BCUT2D eigenvalue weighted by Gasteiger charge is -2.17. The first-order valence-corrected chi connectivity index (χ1v) is 11.5. The van der Waals surface area contributed by atoms with Crippen LogP contribution in [0.2, 0.25) is 0 Å². The number of benzene rings is 2.